The van der Waals surface area contributed by atoms with Crippen LogP contribution in [0.25, 0.3) is 17.2 Å². The van der Waals surface area contributed by atoms with Crippen molar-refractivity contribution in [2.75, 3.05) is 17.6 Å². The molecule has 0 fully saturated rings. The predicted molar refractivity (Wildman–Crippen MR) is 192 cm³/mol. The molecule has 1 atom stereocenters. The van der Waals surface area contributed by atoms with Gasteiger partial charge < -0.3 is 10.6 Å². The number of aryl methyl sites for hydroxylation is 1. The number of anilines is 1. The van der Waals surface area contributed by atoms with E-state index >= 15 is 4.39 Å². The molecule has 0 aliphatic carbocycles. The van der Waals surface area contributed by atoms with Crippen LogP contribution in [0.15, 0.2) is 84.9 Å². The highest BCUT2D eigenvalue weighted by molar-refractivity contribution is 7.85. The molecule has 51 heavy (non-hydrogen) atoms. The lowest BCUT2D eigenvalue weighted by atomic mass is 9.89. The van der Waals surface area contributed by atoms with Crippen molar-refractivity contribution in [2.45, 2.75) is 46.2 Å². The van der Waals surface area contributed by atoms with Gasteiger partial charge in [0.1, 0.15) is 5.82 Å². The van der Waals surface area contributed by atoms with Crippen LogP contribution in [-0.4, -0.2) is 37.1 Å². The molecule has 0 aliphatic heterocycles. The fourth-order valence-corrected chi connectivity index (χ4v) is 5.83. The van der Waals surface area contributed by atoms with E-state index in [1.807, 2.05) is 32.9 Å². The molecule has 270 valence electrons. The zero-order valence-electron chi connectivity index (χ0n) is 28.2. The van der Waals surface area contributed by atoms with Crippen molar-refractivity contribution in [1.82, 2.24) is 5.32 Å². The Balaban J connectivity index is 1.67. The van der Waals surface area contributed by atoms with Crippen LogP contribution in [0, 0.1) is 18.2 Å². The summed E-state index contributed by atoms with van der Waals surface area (Å²) in [5.41, 5.74) is 0.407. The van der Waals surface area contributed by atoms with Gasteiger partial charge in [-0.3, -0.25) is 14.1 Å². The molecule has 13 heteroatoms. The minimum absolute atomic E-state index is 0.0312. The highest BCUT2D eigenvalue weighted by Gasteiger charge is 2.36. The number of alkyl halides is 3. The number of rotatable bonds is 11. The number of amides is 2. The fourth-order valence-electron chi connectivity index (χ4n) is 5.25. The van der Waals surface area contributed by atoms with Crippen molar-refractivity contribution in [3.63, 3.8) is 0 Å². The number of allylic oxidation sites excluding steroid dienone is 1. The van der Waals surface area contributed by atoms with Crippen LogP contribution in [0.2, 0.25) is 5.02 Å². The van der Waals surface area contributed by atoms with Crippen LogP contribution in [0.1, 0.15) is 64.9 Å². The second-order valence-corrected chi connectivity index (χ2v) is 15.2. The molecule has 0 saturated heterocycles. The summed E-state index contributed by atoms with van der Waals surface area (Å²) in [4.78, 5) is 26.3. The number of nitrogens with one attached hydrogen (secondary N) is 2. The van der Waals surface area contributed by atoms with E-state index in [2.05, 4.69) is 10.6 Å². The van der Waals surface area contributed by atoms with Crippen LogP contribution >= 0.6 is 11.6 Å². The number of hydrogen-bond acceptors (Lipinski definition) is 4. The Labute approximate surface area is 299 Å². The van der Waals surface area contributed by atoms with Crippen LogP contribution in [0.5, 0.6) is 0 Å². The zero-order chi connectivity index (χ0) is 37.7. The molecule has 7 nitrogen and oxygen atoms in total. The number of carbonyl (C=O) groups excluding carboxylic acids is 2. The summed E-state index contributed by atoms with van der Waals surface area (Å²) in [5.74, 6) is -4.07. The normalized spacial score (nSPS) is 12.9. The highest BCUT2D eigenvalue weighted by atomic mass is 35.5. The van der Waals surface area contributed by atoms with Gasteiger partial charge in [-0.2, -0.15) is 21.6 Å². The van der Waals surface area contributed by atoms with Gasteiger partial charge in [-0.15, -0.1) is 0 Å². The molecular weight excluding hydrogens is 708 g/mol. The average molecular weight is 745 g/mol. The third kappa shape index (κ3) is 11.2. The zero-order valence-corrected chi connectivity index (χ0v) is 29.8. The summed E-state index contributed by atoms with van der Waals surface area (Å²) in [6.45, 7) is 7.37. The van der Waals surface area contributed by atoms with Gasteiger partial charge in [0.2, 0.25) is 5.91 Å². The average Bonchev–Trinajstić information content (AvgIpc) is 3.02. The van der Waals surface area contributed by atoms with E-state index in [1.165, 1.54) is 30.3 Å². The third-order valence-corrected chi connectivity index (χ3v) is 8.84. The molecule has 0 aliphatic rings. The lowest BCUT2D eigenvalue weighted by Gasteiger charge is -2.21. The van der Waals surface area contributed by atoms with Crippen molar-refractivity contribution in [3.8, 4) is 11.1 Å². The van der Waals surface area contributed by atoms with Gasteiger partial charge in [-0.1, -0.05) is 87.0 Å². The summed E-state index contributed by atoms with van der Waals surface area (Å²) < 4.78 is 89.4. The first-order chi connectivity index (χ1) is 23.7. The molecule has 0 heterocycles. The summed E-state index contributed by atoms with van der Waals surface area (Å²) >= 11 is 5.99. The molecular formula is C38H37ClF4N2O5S. The van der Waals surface area contributed by atoms with E-state index in [1.54, 1.807) is 43.3 Å². The molecule has 0 bridgehead atoms. The van der Waals surface area contributed by atoms with Crippen molar-refractivity contribution >= 4 is 45.3 Å². The molecule has 0 aromatic heterocycles. The molecule has 4 aromatic rings. The Morgan fingerprint density at radius 1 is 0.922 bits per heavy atom. The Morgan fingerprint density at radius 2 is 1.57 bits per heavy atom. The smallest absolute Gasteiger partial charge is 0.351 e. The van der Waals surface area contributed by atoms with Crippen LogP contribution < -0.4 is 10.6 Å². The first-order valence-electron chi connectivity index (χ1n) is 15.8. The fraction of sp³-hybridized carbons (Fsp3) is 0.263. The lowest BCUT2D eigenvalue weighted by Crippen LogP contribution is -2.28. The van der Waals surface area contributed by atoms with E-state index < -0.39 is 62.4 Å². The maximum atomic E-state index is 15.6. The van der Waals surface area contributed by atoms with Crippen LogP contribution in [0.4, 0.5) is 23.2 Å². The lowest BCUT2D eigenvalue weighted by molar-refractivity contribution is -0.137. The minimum atomic E-state index is -4.88. The molecule has 4 rings (SSSR count). The minimum Gasteiger partial charge on any atom is -0.351 e. The number of halogens is 5. The topological polar surface area (TPSA) is 113 Å². The Hall–Kier alpha value is -4.52. The van der Waals surface area contributed by atoms with Crippen molar-refractivity contribution in [1.29, 1.82) is 0 Å². The van der Waals surface area contributed by atoms with Crippen molar-refractivity contribution in [3.05, 3.63) is 129 Å². The van der Waals surface area contributed by atoms with Gasteiger partial charge in [0.05, 0.1) is 22.9 Å². The van der Waals surface area contributed by atoms with Gasteiger partial charge in [0, 0.05) is 17.1 Å². The number of carbonyl (C=O) groups is 2. The van der Waals surface area contributed by atoms with E-state index in [9.17, 15) is 31.2 Å². The quantitative estimate of drug-likeness (QED) is 0.105. The number of hydrogen-bond donors (Lipinski definition) is 3. The SMILES string of the molecule is Cc1cc(Cl)ccc1-c1cc(F)c(NC(=O)C(Cc2ccc(C(=O)NCCS(=O)(=O)O)cc2)c2ccc(C=CC(C)(C)C)cc2)cc1C(F)(F)F. The first-order valence-corrected chi connectivity index (χ1v) is 17.8. The highest BCUT2D eigenvalue weighted by Crippen LogP contribution is 2.41. The summed E-state index contributed by atoms with van der Waals surface area (Å²) in [5, 5.41) is 5.08. The largest absolute Gasteiger partial charge is 0.417 e. The van der Waals surface area contributed by atoms with E-state index in [-0.39, 0.29) is 29.5 Å². The molecule has 0 radical (unpaired) electrons. The second kappa shape index (κ2) is 15.8. The molecule has 0 spiro atoms. The maximum Gasteiger partial charge on any atom is 0.417 e. The summed E-state index contributed by atoms with van der Waals surface area (Å²) in [6, 6.07) is 18.7. The molecule has 2 amide bonds. The van der Waals surface area contributed by atoms with Gasteiger partial charge in [0.25, 0.3) is 16.0 Å². The van der Waals surface area contributed by atoms with Gasteiger partial charge in [-0.05, 0) is 88.5 Å². The number of benzene rings is 4. The van der Waals surface area contributed by atoms with Gasteiger partial charge >= 0.3 is 6.18 Å². The second-order valence-electron chi connectivity index (χ2n) is 13.2. The van der Waals surface area contributed by atoms with Gasteiger partial charge in [-0.25, -0.2) is 4.39 Å². The maximum absolute atomic E-state index is 15.6. The Bertz CT molecular complexity index is 2040. The van der Waals surface area contributed by atoms with E-state index in [4.69, 9.17) is 16.2 Å². The van der Waals surface area contributed by atoms with Crippen molar-refractivity contribution in [2.24, 2.45) is 5.41 Å². The van der Waals surface area contributed by atoms with Gasteiger partial charge in [0.15, 0.2) is 0 Å². The Kier molecular flexibility index (Phi) is 12.2. The van der Waals surface area contributed by atoms with E-state index in [0.717, 1.165) is 11.6 Å². The molecule has 0 saturated carbocycles. The monoisotopic (exact) mass is 744 g/mol. The summed E-state index contributed by atoms with van der Waals surface area (Å²) in [7, 11) is -4.26. The predicted octanol–water partition coefficient (Wildman–Crippen LogP) is 9.12. The molecule has 1 unspecified atom stereocenters. The standard InChI is InChI=1S/C38H37ClF4N2O5S/c1-23-19-28(39)13-14-29(23)31-21-33(40)34(22-32(31)38(41,42)43)45-36(47)30(26-9-5-24(6-10-26)15-16-37(2,3)4)20-25-7-11-27(12-8-25)35(46)44-17-18-51(48,49)50/h5-16,19,21-22,30H,17-18,20H2,1-4H3,(H,44,46)(H,45,47)(H,48,49,50). The molecule has 4 aromatic carbocycles. The third-order valence-electron chi connectivity index (χ3n) is 7.88. The van der Waals surface area contributed by atoms with Crippen LogP contribution in [0.3, 0.4) is 0 Å². The summed E-state index contributed by atoms with van der Waals surface area (Å²) in [6.07, 6.45) is -0.909. The van der Waals surface area contributed by atoms with Crippen LogP contribution in [-0.2, 0) is 27.5 Å². The first kappa shape index (κ1) is 39.3. The van der Waals surface area contributed by atoms with E-state index in [0.29, 0.717) is 27.8 Å². The van der Waals surface area contributed by atoms with Crippen molar-refractivity contribution < 1.29 is 40.1 Å². The molecule has 3 N–H and O–H groups in total. The Morgan fingerprint density at radius 3 is 2.14 bits per heavy atom.